The molecule has 2 rings (SSSR count). The molecule has 0 saturated heterocycles. The molecule has 3 nitrogen and oxygen atoms in total. The maximum absolute atomic E-state index is 11.9. The van der Waals surface area contributed by atoms with E-state index in [2.05, 4.69) is 4.98 Å². The second-order valence-corrected chi connectivity index (χ2v) is 5.42. The molecule has 0 N–H and O–H groups in total. The van der Waals surface area contributed by atoms with Gasteiger partial charge in [0.2, 0.25) is 0 Å². The highest BCUT2D eigenvalue weighted by Gasteiger charge is 2.18. The van der Waals surface area contributed by atoms with E-state index < -0.39 is 5.97 Å². The van der Waals surface area contributed by atoms with Crippen LogP contribution in [0.15, 0.2) is 24.3 Å². The van der Waals surface area contributed by atoms with Crippen LogP contribution in [0.2, 0.25) is 15.2 Å². The molecule has 0 bridgehead atoms. The van der Waals surface area contributed by atoms with Gasteiger partial charge in [0, 0.05) is 16.8 Å². The van der Waals surface area contributed by atoms with Crippen molar-refractivity contribution >= 4 is 40.8 Å². The number of hydrogen-bond donors (Lipinski definition) is 0. The molecule has 0 unspecified atom stereocenters. The number of esters is 1. The zero-order chi connectivity index (χ0) is 15.6. The lowest BCUT2D eigenvalue weighted by Crippen LogP contribution is -2.07. The Morgan fingerprint density at radius 3 is 2.62 bits per heavy atom. The van der Waals surface area contributed by atoms with Gasteiger partial charge in [-0.2, -0.15) is 0 Å². The third-order valence-corrected chi connectivity index (χ3v) is 4.01. The first-order chi connectivity index (χ1) is 9.95. The minimum atomic E-state index is -0.519. The number of halogens is 3. The van der Waals surface area contributed by atoms with Crippen LogP contribution < -0.4 is 0 Å². The van der Waals surface area contributed by atoms with Crippen molar-refractivity contribution in [3.05, 3.63) is 50.7 Å². The van der Waals surface area contributed by atoms with Gasteiger partial charge in [-0.3, -0.25) is 0 Å². The zero-order valence-electron chi connectivity index (χ0n) is 11.4. The zero-order valence-corrected chi connectivity index (χ0v) is 13.7. The summed E-state index contributed by atoms with van der Waals surface area (Å²) in [6.45, 7) is 3.77. The maximum atomic E-state index is 11.9. The number of ether oxygens (including phenoxy) is 1. The van der Waals surface area contributed by atoms with Crippen molar-refractivity contribution in [1.82, 2.24) is 4.98 Å². The number of aryl methyl sites for hydroxylation is 1. The van der Waals surface area contributed by atoms with Crippen LogP contribution in [0.5, 0.6) is 0 Å². The predicted molar refractivity (Wildman–Crippen MR) is 85.4 cm³/mol. The molecule has 110 valence electrons. The van der Waals surface area contributed by atoms with Crippen LogP contribution in [0.1, 0.15) is 23.0 Å². The summed E-state index contributed by atoms with van der Waals surface area (Å²) in [5.74, 6) is -0.519. The van der Waals surface area contributed by atoms with E-state index in [1.807, 2.05) is 0 Å². The molecule has 21 heavy (non-hydrogen) atoms. The number of aromatic nitrogens is 1. The molecule has 0 aliphatic heterocycles. The number of benzene rings is 1. The summed E-state index contributed by atoms with van der Waals surface area (Å²) in [5, 5.41) is 0.940. The van der Waals surface area contributed by atoms with Gasteiger partial charge in [0.1, 0.15) is 5.15 Å². The molecule has 0 radical (unpaired) electrons. The summed E-state index contributed by atoms with van der Waals surface area (Å²) in [6, 6.07) is 6.90. The van der Waals surface area contributed by atoms with Crippen molar-refractivity contribution in [2.75, 3.05) is 6.61 Å². The second kappa shape index (κ2) is 6.65. The lowest BCUT2D eigenvalue weighted by molar-refractivity contribution is 0.0526. The molecular formula is C15H12Cl3NO2. The lowest BCUT2D eigenvalue weighted by atomic mass is 10.0. The van der Waals surface area contributed by atoms with E-state index in [0.717, 1.165) is 0 Å². The molecule has 0 amide bonds. The highest BCUT2D eigenvalue weighted by molar-refractivity contribution is 6.43. The Balaban J connectivity index is 2.61. The quantitative estimate of drug-likeness (QED) is 0.568. The van der Waals surface area contributed by atoms with Gasteiger partial charge in [-0.15, -0.1) is 0 Å². The average molecular weight is 345 g/mol. The molecular weight excluding hydrogens is 333 g/mol. The van der Waals surface area contributed by atoms with Gasteiger partial charge >= 0.3 is 5.97 Å². The van der Waals surface area contributed by atoms with E-state index in [-0.39, 0.29) is 17.3 Å². The van der Waals surface area contributed by atoms with Crippen molar-refractivity contribution in [2.45, 2.75) is 13.8 Å². The number of hydrogen-bond acceptors (Lipinski definition) is 3. The van der Waals surface area contributed by atoms with Crippen molar-refractivity contribution < 1.29 is 9.53 Å². The summed E-state index contributed by atoms with van der Waals surface area (Å²) in [5.41, 5.74) is 2.23. The van der Waals surface area contributed by atoms with Gasteiger partial charge in [-0.1, -0.05) is 46.9 Å². The van der Waals surface area contributed by atoms with Crippen LogP contribution in [0, 0.1) is 6.92 Å². The summed E-state index contributed by atoms with van der Waals surface area (Å²) >= 11 is 18.3. The van der Waals surface area contributed by atoms with Crippen LogP contribution in [-0.4, -0.2) is 17.6 Å². The van der Waals surface area contributed by atoms with E-state index in [1.54, 1.807) is 38.1 Å². The fourth-order valence-corrected chi connectivity index (χ4v) is 2.57. The Bertz CT molecular complexity index is 702. The first-order valence-electron chi connectivity index (χ1n) is 6.24. The molecule has 2 aromatic rings. The Morgan fingerprint density at radius 1 is 1.24 bits per heavy atom. The summed E-state index contributed by atoms with van der Waals surface area (Å²) in [6.07, 6.45) is 0. The fraction of sp³-hybridized carbons (Fsp3) is 0.200. The van der Waals surface area contributed by atoms with Crippen LogP contribution in [0.25, 0.3) is 11.1 Å². The topological polar surface area (TPSA) is 39.2 Å². The molecule has 1 aromatic carbocycles. The smallest absolute Gasteiger partial charge is 0.341 e. The monoisotopic (exact) mass is 343 g/mol. The molecule has 6 heteroatoms. The molecule has 1 heterocycles. The Labute approximate surface area is 137 Å². The molecule has 0 spiro atoms. The van der Waals surface area contributed by atoms with Gasteiger partial charge in [-0.25, -0.2) is 9.78 Å². The average Bonchev–Trinajstić information content (AvgIpc) is 2.43. The van der Waals surface area contributed by atoms with Crippen molar-refractivity contribution in [1.29, 1.82) is 0 Å². The number of nitrogens with zero attached hydrogens (tertiary/aromatic N) is 1. The number of rotatable bonds is 3. The van der Waals surface area contributed by atoms with Crippen molar-refractivity contribution in [3.63, 3.8) is 0 Å². The molecule has 0 atom stereocenters. The molecule has 0 aliphatic rings. The maximum Gasteiger partial charge on any atom is 0.341 e. The van der Waals surface area contributed by atoms with Gasteiger partial charge in [-0.05, 0) is 26.0 Å². The molecule has 0 saturated carbocycles. The van der Waals surface area contributed by atoms with E-state index in [0.29, 0.717) is 26.9 Å². The van der Waals surface area contributed by atoms with E-state index in [9.17, 15) is 4.79 Å². The number of pyridine rings is 1. The Hall–Kier alpha value is -1.29. The van der Waals surface area contributed by atoms with Gasteiger partial charge in [0.15, 0.2) is 0 Å². The van der Waals surface area contributed by atoms with Gasteiger partial charge in [0.25, 0.3) is 0 Å². The van der Waals surface area contributed by atoms with Gasteiger partial charge in [0.05, 0.1) is 22.2 Å². The first kappa shape index (κ1) is 16.1. The highest BCUT2D eigenvalue weighted by Crippen LogP contribution is 2.36. The fourth-order valence-electron chi connectivity index (χ4n) is 1.91. The summed E-state index contributed by atoms with van der Waals surface area (Å²) in [4.78, 5) is 16.1. The van der Waals surface area contributed by atoms with E-state index >= 15 is 0 Å². The van der Waals surface area contributed by atoms with E-state index in [1.165, 1.54) is 0 Å². The van der Waals surface area contributed by atoms with Crippen LogP contribution in [-0.2, 0) is 4.74 Å². The van der Waals surface area contributed by atoms with E-state index in [4.69, 9.17) is 39.5 Å². The second-order valence-electron chi connectivity index (χ2n) is 4.28. The SMILES string of the molecule is CCOC(=O)c1cc(-c2cccc(Cl)c2Cl)c(C)nc1Cl. The predicted octanol–water partition coefficient (Wildman–Crippen LogP) is 5.19. The Kier molecular flexibility index (Phi) is 5.09. The summed E-state index contributed by atoms with van der Waals surface area (Å²) < 4.78 is 4.97. The molecule has 1 aromatic heterocycles. The third-order valence-electron chi connectivity index (χ3n) is 2.90. The minimum absolute atomic E-state index is 0.104. The number of carbonyl (C=O) groups is 1. The molecule has 0 aliphatic carbocycles. The largest absolute Gasteiger partial charge is 0.462 e. The Morgan fingerprint density at radius 2 is 1.95 bits per heavy atom. The summed E-state index contributed by atoms with van der Waals surface area (Å²) in [7, 11) is 0. The van der Waals surface area contributed by atoms with Crippen molar-refractivity contribution in [3.8, 4) is 11.1 Å². The van der Waals surface area contributed by atoms with Gasteiger partial charge < -0.3 is 4.74 Å². The lowest BCUT2D eigenvalue weighted by Gasteiger charge is -2.12. The minimum Gasteiger partial charge on any atom is -0.462 e. The highest BCUT2D eigenvalue weighted by atomic mass is 35.5. The van der Waals surface area contributed by atoms with Crippen LogP contribution in [0.4, 0.5) is 0 Å². The standard InChI is InChI=1S/C15H12Cl3NO2/c1-3-21-15(20)11-7-10(8(2)19-14(11)18)9-5-4-6-12(16)13(9)17/h4-7H,3H2,1-2H3. The normalized spacial score (nSPS) is 10.5. The third kappa shape index (κ3) is 3.31. The molecule has 0 fully saturated rings. The van der Waals surface area contributed by atoms with Crippen LogP contribution >= 0.6 is 34.8 Å². The van der Waals surface area contributed by atoms with Crippen molar-refractivity contribution in [2.24, 2.45) is 0 Å². The first-order valence-corrected chi connectivity index (χ1v) is 7.37. The number of carbonyl (C=O) groups excluding carboxylic acids is 1. The van der Waals surface area contributed by atoms with Crippen LogP contribution in [0.3, 0.4) is 0 Å².